The van der Waals surface area contributed by atoms with E-state index in [2.05, 4.69) is 10.4 Å². The van der Waals surface area contributed by atoms with Crippen LogP contribution >= 0.6 is 0 Å². The summed E-state index contributed by atoms with van der Waals surface area (Å²) in [5.41, 5.74) is 4.30. The first-order valence-electron chi connectivity index (χ1n) is 9.92. The van der Waals surface area contributed by atoms with E-state index in [9.17, 15) is 22.8 Å². The van der Waals surface area contributed by atoms with Crippen LogP contribution in [0.15, 0.2) is 42.6 Å². The summed E-state index contributed by atoms with van der Waals surface area (Å²) in [5.74, 6) is -0.877. The van der Waals surface area contributed by atoms with E-state index in [1.807, 2.05) is 50.4 Å². The third-order valence-corrected chi connectivity index (χ3v) is 5.30. The van der Waals surface area contributed by atoms with Gasteiger partial charge in [-0.15, -0.1) is 0 Å². The largest absolute Gasteiger partial charge is 0.405 e. The molecule has 0 saturated carbocycles. The minimum atomic E-state index is -4.51. The maximum atomic E-state index is 12.3. The van der Waals surface area contributed by atoms with Crippen LogP contribution in [0.3, 0.4) is 0 Å². The maximum Gasteiger partial charge on any atom is 0.405 e. The fraction of sp³-hybridized carbons (Fsp3) is 0.318. The van der Waals surface area contributed by atoms with Gasteiger partial charge in [-0.05, 0) is 49.2 Å². The predicted octanol–water partition coefficient (Wildman–Crippen LogP) is 3.82. The van der Waals surface area contributed by atoms with Crippen LogP contribution in [0.2, 0.25) is 0 Å². The number of hydrogen-bond donors (Lipinski definition) is 2. The Kier molecular flexibility index (Phi) is 6.71. The first-order valence-corrected chi connectivity index (χ1v) is 9.92. The molecule has 3 aromatic rings. The van der Waals surface area contributed by atoms with E-state index < -0.39 is 31.2 Å². The lowest BCUT2D eigenvalue weighted by atomic mass is 9.99. The Morgan fingerprint density at radius 3 is 2.72 bits per heavy atom. The van der Waals surface area contributed by atoms with E-state index in [1.54, 1.807) is 23.1 Å². The van der Waals surface area contributed by atoms with E-state index in [0.717, 1.165) is 33.4 Å². The molecule has 1 atom stereocenters. The standard InChI is InChI=1S/C22H24F3N5O2/c1-14-18(15(2)30(13-31)11-21(32)26-12-22(23,24)25)5-4-6-19(14)28-17-7-8-20-16(9-17)10-27-29(20)3/h4-10,13,15,28H,11-12H2,1-3H3,(H,26,32). The SMILES string of the molecule is Cc1c(Nc2ccc3c(cnn3C)c2)cccc1C(C)N(C=O)CC(=O)NCC(F)(F)F. The molecular formula is C22H24F3N5O2. The number of hydrogen-bond acceptors (Lipinski definition) is 4. The molecule has 2 N–H and O–H groups in total. The van der Waals surface area contributed by atoms with Crippen molar-refractivity contribution in [2.75, 3.05) is 18.4 Å². The number of nitrogens with zero attached hydrogens (tertiary/aromatic N) is 3. The van der Waals surface area contributed by atoms with Gasteiger partial charge in [0.25, 0.3) is 0 Å². The predicted molar refractivity (Wildman–Crippen MR) is 115 cm³/mol. The third-order valence-electron chi connectivity index (χ3n) is 5.30. The first-order chi connectivity index (χ1) is 15.1. The number of alkyl halides is 3. The average molecular weight is 447 g/mol. The Morgan fingerprint density at radius 2 is 2.03 bits per heavy atom. The van der Waals surface area contributed by atoms with Crippen molar-refractivity contribution in [2.24, 2.45) is 7.05 Å². The zero-order valence-electron chi connectivity index (χ0n) is 17.9. The number of carbonyl (C=O) groups is 2. The van der Waals surface area contributed by atoms with Gasteiger partial charge in [0.15, 0.2) is 0 Å². The summed E-state index contributed by atoms with van der Waals surface area (Å²) in [6.45, 7) is 1.69. The summed E-state index contributed by atoms with van der Waals surface area (Å²) < 4.78 is 38.7. The lowest BCUT2D eigenvalue weighted by Gasteiger charge is -2.27. The Hall–Kier alpha value is -3.56. The lowest BCUT2D eigenvalue weighted by Crippen LogP contribution is -2.41. The van der Waals surface area contributed by atoms with Gasteiger partial charge in [-0.2, -0.15) is 18.3 Å². The number of aromatic nitrogens is 2. The van der Waals surface area contributed by atoms with Crippen LogP contribution < -0.4 is 10.6 Å². The number of aryl methyl sites for hydroxylation is 1. The summed E-state index contributed by atoms with van der Waals surface area (Å²) in [5, 5.41) is 10.4. The number of fused-ring (bicyclic) bond motifs is 1. The molecule has 1 unspecified atom stereocenters. The second kappa shape index (κ2) is 9.29. The second-order valence-corrected chi connectivity index (χ2v) is 7.53. The third kappa shape index (κ3) is 5.37. The highest BCUT2D eigenvalue weighted by molar-refractivity contribution is 5.84. The van der Waals surface area contributed by atoms with E-state index in [-0.39, 0.29) is 0 Å². The van der Waals surface area contributed by atoms with Gasteiger partial charge in [-0.1, -0.05) is 12.1 Å². The van der Waals surface area contributed by atoms with Crippen LogP contribution in [0.25, 0.3) is 10.9 Å². The van der Waals surface area contributed by atoms with Gasteiger partial charge >= 0.3 is 6.18 Å². The van der Waals surface area contributed by atoms with Gasteiger partial charge in [-0.3, -0.25) is 14.3 Å². The highest BCUT2D eigenvalue weighted by Gasteiger charge is 2.28. The van der Waals surface area contributed by atoms with Crippen molar-refractivity contribution < 1.29 is 22.8 Å². The number of amides is 2. The van der Waals surface area contributed by atoms with Gasteiger partial charge in [0.1, 0.15) is 6.54 Å². The van der Waals surface area contributed by atoms with Crippen molar-refractivity contribution >= 4 is 34.6 Å². The molecular weight excluding hydrogens is 423 g/mol. The van der Waals surface area contributed by atoms with Gasteiger partial charge in [0.2, 0.25) is 12.3 Å². The maximum absolute atomic E-state index is 12.3. The molecule has 0 aliphatic carbocycles. The van der Waals surface area contributed by atoms with E-state index in [0.29, 0.717) is 6.41 Å². The molecule has 0 aliphatic rings. The van der Waals surface area contributed by atoms with Crippen LogP contribution in [0, 0.1) is 6.92 Å². The number of anilines is 2. The molecule has 170 valence electrons. The summed E-state index contributed by atoms with van der Waals surface area (Å²) in [6, 6.07) is 10.9. The first kappa shape index (κ1) is 23.1. The van der Waals surface area contributed by atoms with Crippen molar-refractivity contribution in [3.63, 3.8) is 0 Å². The zero-order chi connectivity index (χ0) is 23.5. The molecule has 1 aromatic heterocycles. The number of carbonyl (C=O) groups excluding carboxylic acids is 2. The Balaban J connectivity index is 1.76. The van der Waals surface area contributed by atoms with E-state index >= 15 is 0 Å². The fourth-order valence-corrected chi connectivity index (χ4v) is 3.50. The van der Waals surface area contributed by atoms with Gasteiger partial charge < -0.3 is 15.5 Å². The molecule has 2 aromatic carbocycles. The molecule has 0 aliphatic heterocycles. The normalized spacial score (nSPS) is 12.4. The van der Waals surface area contributed by atoms with Crippen molar-refractivity contribution in [2.45, 2.75) is 26.1 Å². The molecule has 1 heterocycles. The molecule has 0 radical (unpaired) electrons. The summed E-state index contributed by atoms with van der Waals surface area (Å²) >= 11 is 0. The average Bonchev–Trinajstić information content (AvgIpc) is 3.11. The topological polar surface area (TPSA) is 79.3 Å². The molecule has 0 spiro atoms. The number of rotatable bonds is 8. The van der Waals surface area contributed by atoms with Gasteiger partial charge in [0, 0.05) is 23.8 Å². The Bertz CT molecular complexity index is 1130. The monoisotopic (exact) mass is 447 g/mol. The number of nitrogens with one attached hydrogen (secondary N) is 2. The van der Waals surface area contributed by atoms with Crippen LogP contribution in [-0.4, -0.2) is 46.3 Å². The van der Waals surface area contributed by atoms with Crippen LogP contribution in [0.4, 0.5) is 24.5 Å². The summed E-state index contributed by atoms with van der Waals surface area (Å²) in [6.07, 6.45) is -2.27. The van der Waals surface area contributed by atoms with Crippen molar-refractivity contribution in [1.82, 2.24) is 20.0 Å². The number of benzene rings is 2. The molecule has 10 heteroatoms. The minimum absolute atomic E-state index is 0.466. The van der Waals surface area contributed by atoms with Gasteiger partial charge in [-0.25, -0.2) is 0 Å². The van der Waals surface area contributed by atoms with Crippen LogP contribution in [-0.2, 0) is 16.6 Å². The highest BCUT2D eigenvalue weighted by atomic mass is 19.4. The van der Waals surface area contributed by atoms with E-state index in [1.165, 1.54) is 4.90 Å². The smallest absolute Gasteiger partial charge is 0.355 e. The molecule has 32 heavy (non-hydrogen) atoms. The quantitative estimate of drug-likeness (QED) is 0.515. The fourth-order valence-electron chi connectivity index (χ4n) is 3.50. The van der Waals surface area contributed by atoms with Crippen molar-refractivity contribution in [3.8, 4) is 0 Å². The van der Waals surface area contributed by atoms with Crippen molar-refractivity contribution in [1.29, 1.82) is 0 Å². The van der Waals surface area contributed by atoms with Crippen molar-refractivity contribution in [3.05, 3.63) is 53.7 Å². The summed E-state index contributed by atoms with van der Waals surface area (Å²) in [4.78, 5) is 24.6. The summed E-state index contributed by atoms with van der Waals surface area (Å²) in [7, 11) is 1.87. The van der Waals surface area contributed by atoms with Crippen LogP contribution in [0.5, 0.6) is 0 Å². The lowest BCUT2D eigenvalue weighted by molar-refractivity contribution is -0.140. The Labute approximate surface area is 183 Å². The molecule has 0 fully saturated rings. The second-order valence-electron chi connectivity index (χ2n) is 7.53. The molecule has 3 rings (SSSR count). The zero-order valence-corrected chi connectivity index (χ0v) is 17.9. The minimum Gasteiger partial charge on any atom is -0.355 e. The van der Waals surface area contributed by atoms with Gasteiger partial charge in [0.05, 0.1) is 24.3 Å². The van der Waals surface area contributed by atoms with Crippen LogP contribution in [0.1, 0.15) is 24.1 Å². The molecule has 2 amide bonds. The molecule has 7 nitrogen and oxygen atoms in total. The molecule has 0 bridgehead atoms. The Morgan fingerprint density at radius 1 is 1.28 bits per heavy atom. The number of halogens is 3. The highest BCUT2D eigenvalue weighted by Crippen LogP contribution is 2.30. The molecule has 0 saturated heterocycles. The van der Waals surface area contributed by atoms with E-state index in [4.69, 9.17) is 0 Å².